The molecule has 0 unspecified atom stereocenters. The van der Waals surface area contributed by atoms with Crippen molar-refractivity contribution in [3.05, 3.63) is 0 Å². The van der Waals surface area contributed by atoms with E-state index in [1.54, 1.807) is 0 Å². The Balaban J connectivity index is 2.29. The number of halogens is 6. The van der Waals surface area contributed by atoms with E-state index in [1.165, 1.54) is 0 Å². The van der Waals surface area contributed by atoms with Crippen LogP contribution in [0.25, 0.3) is 0 Å². The van der Waals surface area contributed by atoms with E-state index >= 15 is 0 Å². The summed E-state index contributed by atoms with van der Waals surface area (Å²) < 4.78 is 81.4. The van der Waals surface area contributed by atoms with Crippen LogP contribution >= 0.6 is 23.0 Å². The zero-order valence-electron chi connectivity index (χ0n) is 8.40. The topological polar surface area (TPSA) is 13.0 Å². The van der Waals surface area contributed by atoms with Crippen molar-refractivity contribution in [1.82, 2.24) is 17.5 Å². The first kappa shape index (κ1) is 11.8. The third-order valence-corrected chi connectivity index (χ3v) is 21.9. The predicted molar refractivity (Wildman–Crippen MR) is 52.5 cm³/mol. The van der Waals surface area contributed by atoms with Crippen LogP contribution in [0.1, 0.15) is 0 Å². The van der Waals surface area contributed by atoms with Crippen molar-refractivity contribution >= 4 is 23.0 Å². The molecule has 4 nitrogen and oxygen atoms in total. The Morgan fingerprint density at radius 1 is 0.562 bits per heavy atom. The van der Waals surface area contributed by atoms with Gasteiger partial charge in [-0.1, -0.05) is 0 Å². The van der Waals surface area contributed by atoms with Crippen LogP contribution in [0.3, 0.4) is 0 Å². The Kier molecular flexibility index (Phi) is 1.37. The van der Waals surface area contributed by atoms with Crippen molar-refractivity contribution in [2.24, 2.45) is 0 Å². The second-order valence-corrected chi connectivity index (χ2v) is 15.5. The molecule has 0 aliphatic carbocycles. The summed E-state index contributed by atoms with van der Waals surface area (Å²) in [6.07, 6.45) is 0. The van der Waals surface area contributed by atoms with Crippen LogP contribution in [0, 0.1) is 0 Å². The van der Waals surface area contributed by atoms with E-state index in [0.29, 0.717) is 21.1 Å². The molecule has 0 aromatic rings. The summed E-state index contributed by atoms with van der Waals surface area (Å²) in [5.74, 6) is 0. The first-order valence-electron chi connectivity index (χ1n) is 4.16. The van der Waals surface area contributed by atoms with Crippen molar-refractivity contribution in [2.75, 3.05) is 21.1 Å². The fourth-order valence-electron chi connectivity index (χ4n) is 2.62. The molecule has 3 aliphatic heterocycles. The van der Waals surface area contributed by atoms with Gasteiger partial charge in [-0.15, -0.1) is 0 Å². The Bertz CT molecular complexity index is 375. The van der Waals surface area contributed by atoms with Crippen LogP contribution in [0.4, 0.5) is 25.2 Å². The Hall–Kier alpha value is 0.710. The quantitative estimate of drug-likeness (QED) is 0.488. The van der Waals surface area contributed by atoms with Crippen LogP contribution in [-0.2, 0) is 0 Å². The third kappa shape index (κ3) is 0.523. The van der Waals surface area contributed by atoms with Crippen molar-refractivity contribution in [3.63, 3.8) is 0 Å². The molecule has 0 saturated carbocycles. The normalized spacial score (nSPS) is 52.7. The molecule has 0 amide bonds. The minimum atomic E-state index is -6.33. The maximum absolute atomic E-state index is 13.9. The van der Waals surface area contributed by atoms with Gasteiger partial charge >= 0.3 is 86.9 Å². The molecule has 0 aromatic carbocycles. The predicted octanol–water partition coefficient (Wildman–Crippen LogP) is 4.33. The van der Waals surface area contributed by atoms with E-state index in [0.717, 1.165) is 0 Å². The van der Waals surface area contributed by atoms with E-state index in [1.807, 2.05) is 0 Å². The van der Waals surface area contributed by atoms with Crippen molar-refractivity contribution in [1.29, 1.82) is 0 Å². The fourth-order valence-corrected chi connectivity index (χ4v) is 24.9. The number of hydrogen-bond acceptors (Lipinski definition) is 4. The molecule has 0 atom stereocenters. The zero-order valence-corrected chi connectivity index (χ0v) is 11.1. The summed E-state index contributed by atoms with van der Waals surface area (Å²) in [4.78, 5) is 0. The zero-order chi connectivity index (χ0) is 12.7. The molecule has 0 radical (unpaired) electrons. The van der Waals surface area contributed by atoms with Crippen LogP contribution in [0.5, 0.6) is 0 Å². The molecular weight excluding hydrogens is 299 g/mol. The van der Waals surface area contributed by atoms with Gasteiger partial charge in [0.2, 0.25) is 0 Å². The van der Waals surface area contributed by atoms with Crippen LogP contribution in [0.2, 0.25) is 0 Å². The van der Waals surface area contributed by atoms with E-state index in [4.69, 9.17) is 0 Å². The van der Waals surface area contributed by atoms with Crippen molar-refractivity contribution < 1.29 is 25.2 Å². The fraction of sp³-hybridized carbons (Fsp3) is 1.00. The summed E-state index contributed by atoms with van der Waals surface area (Å²) in [5.41, 5.74) is 0. The summed E-state index contributed by atoms with van der Waals surface area (Å²) in [5, 5.41) is 0. The minimum absolute atomic E-state index is 0.384. The van der Waals surface area contributed by atoms with Gasteiger partial charge in [-0.2, -0.15) is 0 Å². The Morgan fingerprint density at radius 3 is 0.938 bits per heavy atom. The Morgan fingerprint density at radius 2 is 0.750 bits per heavy atom. The summed E-state index contributed by atoms with van der Waals surface area (Å²) in [7, 11) is -17.4. The molecule has 0 aromatic heterocycles. The molecule has 3 aliphatic rings. The molecule has 0 bridgehead atoms. The average molecular weight is 308 g/mol. The molecular formula is C3H9F6N4P3. The van der Waals surface area contributed by atoms with Crippen LogP contribution < -0.4 is 0 Å². The molecule has 3 rings (SSSR count). The molecule has 3 heterocycles. The van der Waals surface area contributed by atoms with Crippen molar-refractivity contribution in [3.8, 4) is 0 Å². The van der Waals surface area contributed by atoms with Gasteiger partial charge in [-0.3, -0.25) is 0 Å². The van der Waals surface area contributed by atoms with E-state index in [9.17, 15) is 25.2 Å². The van der Waals surface area contributed by atoms with Gasteiger partial charge in [-0.25, -0.2) is 0 Å². The van der Waals surface area contributed by atoms with E-state index < -0.39 is 27.2 Å². The molecule has 16 heavy (non-hydrogen) atoms. The molecule has 3 fully saturated rings. The van der Waals surface area contributed by atoms with Crippen LogP contribution in [-0.4, -0.2) is 38.7 Å². The number of rotatable bonds is 0. The molecule has 0 N–H and O–H groups in total. The standard InChI is InChI=1S/C3H9F6N4P3/c1-10-14(4,5)11(2)16(8,9)12(3)15(10,6,7)13(14)16/h1-3H3. The van der Waals surface area contributed by atoms with Crippen molar-refractivity contribution in [2.45, 2.75) is 0 Å². The molecule has 0 spiro atoms. The first-order chi connectivity index (χ1) is 6.74. The van der Waals surface area contributed by atoms with E-state index in [-0.39, 0.29) is 13.3 Å². The third-order valence-electron chi connectivity index (χ3n) is 3.75. The first-order valence-corrected chi connectivity index (χ1v) is 9.78. The summed E-state index contributed by atoms with van der Waals surface area (Å²) >= 11 is 0. The second-order valence-electron chi connectivity index (χ2n) is 4.09. The van der Waals surface area contributed by atoms with Gasteiger partial charge in [-0.05, 0) is 0 Å². The monoisotopic (exact) mass is 308 g/mol. The van der Waals surface area contributed by atoms with E-state index in [2.05, 4.69) is 0 Å². The average Bonchev–Trinajstić information content (AvgIpc) is 2.13. The SMILES string of the molecule is CN1P2(F)(F)N(C)P3(F)(F)N(C)P1(F)(F)N23. The van der Waals surface area contributed by atoms with Gasteiger partial charge in [0.15, 0.2) is 0 Å². The number of hydrogen-bond donors (Lipinski definition) is 0. The van der Waals surface area contributed by atoms with Gasteiger partial charge in [0.25, 0.3) is 0 Å². The van der Waals surface area contributed by atoms with Gasteiger partial charge in [0, 0.05) is 0 Å². The summed E-state index contributed by atoms with van der Waals surface area (Å²) in [6, 6.07) is 0. The molecule has 3 saturated heterocycles. The second kappa shape index (κ2) is 1.86. The molecule has 13 heteroatoms. The van der Waals surface area contributed by atoms with Crippen LogP contribution in [0.15, 0.2) is 0 Å². The molecule has 98 valence electrons. The Labute approximate surface area is 87.7 Å². The number of nitrogens with zero attached hydrogens (tertiary/aromatic N) is 4. The van der Waals surface area contributed by atoms with Gasteiger partial charge in [0.1, 0.15) is 0 Å². The van der Waals surface area contributed by atoms with Gasteiger partial charge < -0.3 is 0 Å². The summed E-state index contributed by atoms with van der Waals surface area (Å²) in [6.45, 7) is 0. The van der Waals surface area contributed by atoms with Gasteiger partial charge in [0.05, 0.1) is 0 Å². The maximum atomic E-state index is 13.9.